The summed E-state index contributed by atoms with van der Waals surface area (Å²) in [5.41, 5.74) is 1.46. The summed E-state index contributed by atoms with van der Waals surface area (Å²) in [5, 5.41) is 3.43. The summed E-state index contributed by atoms with van der Waals surface area (Å²) in [4.78, 5) is 17.1. The van der Waals surface area contributed by atoms with Gasteiger partial charge in [-0.3, -0.25) is 0 Å². The highest BCUT2D eigenvalue weighted by Gasteiger charge is 2.19. The molecule has 1 fully saturated rings. The minimum Gasteiger partial charge on any atom is -0.365 e. The van der Waals surface area contributed by atoms with Crippen molar-refractivity contribution in [3.8, 4) is 11.8 Å². The third-order valence-electron chi connectivity index (χ3n) is 3.60. The van der Waals surface area contributed by atoms with Crippen molar-refractivity contribution < 1.29 is 0 Å². The van der Waals surface area contributed by atoms with Crippen LogP contribution < -0.4 is 5.32 Å². The molecular weight excluding hydrogens is 318 g/mol. The summed E-state index contributed by atoms with van der Waals surface area (Å²) in [7, 11) is 0. The summed E-state index contributed by atoms with van der Waals surface area (Å²) in [6, 6.07) is 4.20. The van der Waals surface area contributed by atoms with Crippen LogP contribution in [0.5, 0.6) is 0 Å². The van der Waals surface area contributed by atoms with Gasteiger partial charge in [-0.05, 0) is 43.2 Å². The van der Waals surface area contributed by atoms with Crippen molar-refractivity contribution in [2.75, 3.05) is 5.32 Å². The van der Waals surface area contributed by atoms with E-state index in [1.54, 1.807) is 6.33 Å². The first-order chi connectivity index (χ1) is 10.8. The lowest BCUT2D eigenvalue weighted by Crippen LogP contribution is -2.27. The van der Waals surface area contributed by atoms with Crippen LogP contribution in [0, 0.1) is 11.8 Å². The predicted molar refractivity (Wildman–Crippen MR) is 88.3 cm³/mol. The van der Waals surface area contributed by atoms with E-state index in [0.717, 1.165) is 20.5 Å². The number of hydrogen-bond acceptors (Lipinski definition) is 5. The molecule has 3 aromatic rings. The molecule has 0 spiro atoms. The third-order valence-corrected chi connectivity index (χ3v) is 4.74. The molecule has 1 aliphatic rings. The Labute approximate surface area is 136 Å². The average Bonchev–Trinajstić information content (AvgIpc) is 3.09. The quantitative estimate of drug-likeness (QED) is 0.707. The number of aromatic amines is 1. The fourth-order valence-corrected chi connectivity index (χ4v) is 3.13. The average molecular weight is 330 g/mol. The topological polar surface area (TPSA) is 66.5 Å². The number of nitrogens with one attached hydrogen (secondary N) is 2. The highest BCUT2D eigenvalue weighted by atomic mass is 35.5. The van der Waals surface area contributed by atoms with Gasteiger partial charge < -0.3 is 10.3 Å². The lowest BCUT2D eigenvalue weighted by atomic mass is 9.93. The predicted octanol–water partition coefficient (Wildman–Crippen LogP) is 3.43. The van der Waals surface area contributed by atoms with Gasteiger partial charge in [-0.2, -0.15) is 0 Å². The normalized spacial score (nSPS) is 14.4. The molecule has 3 heterocycles. The Balaban J connectivity index is 1.69. The Hall–Kier alpha value is -2.10. The van der Waals surface area contributed by atoms with Crippen LogP contribution in [0.1, 0.15) is 30.0 Å². The van der Waals surface area contributed by atoms with Gasteiger partial charge in [-0.15, -0.1) is 11.3 Å². The molecule has 22 heavy (non-hydrogen) atoms. The Kier molecular flexibility index (Phi) is 3.45. The number of anilines is 1. The summed E-state index contributed by atoms with van der Waals surface area (Å²) in [6.45, 7) is 0. The molecule has 1 saturated carbocycles. The summed E-state index contributed by atoms with van der Waals surface area (Å²) < 4.78 is 0.724. The number of rotatable bonds is 2. The van der Waals surface area contributed by atoms with Gasteiger partial charge in [-0.1, -0.05) is 11.6 Å². The molecule has 4 rings (SSSR count). The molecular formula is C15H12ClN5S. The Morgan fingerprint density at radius 1 is 1.27 bits per heavy atom. The molecule has 2 N–H and O–H groups in total. The zero-order valence-corrected chi connectivity index (χ0v) is 13.1. The van der Waals surface area contributed by atoms with Gasteiger partial charge in [0.05, 0.1) is 15.5 Å². The van der Waals surface area contributed by atoms with E-state index in [0.29, 0.717) is 17.5 Å². The first-order valence-electron chi connectivity index (χ1n) is 7.03. The van der Waals surface area contributed by atoms with Crippen molar-refractivity contribution in [3.05, 3.63) is 33.5 Å². The van der Waals surface area contributed by atoms with E-state index < -0.39 is 0 Å². The van der Waals surface area contributed by atoms with E-state index in [2.05, 4.69) is 37.1 Å². The van der Waals surface area contributed by atoms with Crippen LogP contribution in [0.3, 0.4) is 0 Å². The van der Waals surface area contributed by atoms with Crippen LogP contribution in [0.2, 0.25) is 4.34 Å². The van der Waals surface area contributed by atoms with Crippen molar-refractivity contribution in [2.45, 2.75) is 25.3 Å². The van der Waals surface area contributed by atoms with Gasteiger partial charge in [0.25, 0.3) is 0 Å². The van der Waals surface area contributed by atoms with Crippen molar-refractivity contribution in [1.29, 1.82) is 0 Å². The number of imidazole rings is 1. The summed E-state index contributed by atoms with van der Waals surface area (Å²) >= 11 is 7.35. The second kappa shape index (κ2) is 5.59. The van der Waals surface area contributed by atoms with Gasteiger partial charge in [0.2, 0.25) is 5.82 Å². The van der Waals surface area contributed by atoms with E-state index in [1.165, 1.54) is 30.6 Å². The summed E-state index contributed by atoms with van der Waals surface area (Å²) in [5.74, 6) is 7.27. The molecule has 0 radical (unpaired) electrons. The smallest absolute Gasteiger partial charge is 0.209 e. The molecule has 0 amide bonds. The molecule has 0 atom stereocenters. The van der Waals surface area contributed by atoms with Crippen molar-refractivity contribution >= 4 is 39.9 Å². The number of nitrogens with zero attached hydrogens (tertiary/aromatic N) is 3. The van der Waals surface area contributed by atoms with Crippen LogP contribution in [-0.2, 0) is 0 Å². The molecule has 5 nitrogen and oxygen atoms in total. The zero-order valence-electron chi connectivity index (χ0n) is 11.6. The number of fused-ring (bicyclic) bond motifs is 1. The van der Waals surface area contributed by atoms with Crippen molar-refractivity contribution in [3.63, 3.8) is 0 Å². The molecule has 1 aliphatic carbocycles. The molecule has 0 bridgehead atoms. The van der Waals surface area contributed by atoms with Crippen molar-refractivity contribution in [2.24, 2.45) is 0 Å². The van der Waals surface area contributed by atoms with Crippen LogP contribution >= 0.6 is 22.9 Å². The van der Waals surface area contributed by atoms with E-state index in [-0.39, 0.29) is 0 Å². The second-order valence-electron chi connectivity index (χ2n) is 5.12. The van der Waals surface area contributed by atoms with Gasteiger partial charge in [0.15, 0.2) is 11.5 Å². The largest absolute Gasteiger partial charge is 0.365 e. The van der Waals surface area contributed by atoms with E-state index in [9.17, 15) is 0 Å². The SMILES string of the molecule is Clc1ccc(C#Cc2nc(NC3CCC3)c3nc[nH]c3n2)s1. The highest BCUT2D eigenvalue weighted by molar-refractivity contribution is 7.16. The lowest BCUT2D eigenvalue weighted by Gasteiger charge is -2.26. The Morgan fingerprint density at radius 3 is 2.91 bits per heavy atom. The minimum absolute atomic E-state index is 0.475. The zero-order chi connectivity index (χ0) is 14.9. The molecule has 7 heteroatoms. The first-order valence-corrected chi connectivity index (χ1v) is 8.22. The van der Waals surface area contributed by atoms with Gasteiger partial charge in [0, 0.05) is 6.04 Å². The number of hydrogen-bond donors (Lipinski definition) is 2. The fraction of sp³-hybridized carbons (Fsp3) is 0.267. The van der Waals surface area contributed by atoms with E-state index >= 15 is 0 Å². The lowest BCUT2D eigenvalue weighted by molar-refractivity contribution is 0.444. The summed E-state index contributed by atoms with van der Waals surface area (Å²) in [6.07, 6.45) is 5.23. The standard InChI is InChI=1S/C15H12ClN5S/c16-11-6-4-10(22-11)5-7-12-20-14-13(17-8-18-14)15(21-12)19-9-2-1-3-9/h4,6,8-9H,1-3H2,(H2,17,18,19,20,21). The van der Waals surface area contributed by atoms with Crippen LogP contribution in [-0.4, -0.2) is 26.0 Å². The van der Waals surface area contributed by atoms with Crippen molar-refractivity contribution in [1.82, 2.24) is 19.9 Å². The third kappa shape index (κ3) is 2.65. The van der Waals surface area contributed by atoms with E-state index in [1.807, 2.05) is 12.1 Å². The van der Waals surface area contributed by atoms with E-state index in [4.69, 9.17) is 11.6 Å². The van der Waals surface area contributed by atoms with Gasteiger partial charge >= 0.3 is 0 Å². The van der Waals surface area contributed by atoms with Crippen LogP contribution in [0.25, 0.3) is 11.2 Å². The molecule has 0 aromatic carbocycles. The fourth-order valence-electron chi connectivity index (χ4n) is 2.24. The number of H-pyrrole nitrogens is 1. The van der Waals surface area contributed by atoms with Crippen LogP contribution in [0.15, 0.2) is 18.5 Å². The number of halogens is 1. The molecule has 0 aliphatic heterocycles. The Bertz CT molecular complexity index is 884. The minimum atomic E-state index is 0.475. The van der Waals surface area contributed by atoms with Gasteiger partial charge in [-0.25, -0.2) is 15.0 Å². The number of aromatic nitrogens is 4. The monoisotopic (exact) mass is 329 g/mol. The molecule has 3 aromatic heterocycles. The Morgan fingerprint density at radius 2 is 2.18 bits per heavy atom. The molecule has 110 valence electrons. The van der Waals surface area contributed by atoms with Crippen LogP contribution in [0.4, 0.5) is 5.82 Å². The first kappa shape index (κ1) is 13.6. The maximum Gasteiger partial charge on any atom is 0.209 e. The number of thiophene rings is 1. The second-order valence-corrected chi connectivity index (χ2v) is 6.84. The highest BCUT2D eigenvalue weighted by Crippen LogP contribution is 2.25. The molecule has 0 saturated heterocycles. The maximum absolute atomic E-state index is 5.91. The molecule has 0 unspecified atom stereocenters. The van der Waals surface area contributed by atoms with Gasteiger partial charge in [0.1, 0.15) is 5.52 Å². The maximum atomic E-state index is 5.91.